The quantitative estimate of drug-likeness (QED) is 0.638. The van der Waals surface area contributed by atoms with Gasteiger partial charge in [0.2, 0.25) is 0 Å². The van der Waals surface area contributed by atoms with Gasteiger partial charge in [0.1, 0.15) is 17.8 Å². The summed E-state index contributed by atoms with van der Waals surface area (Å²) in [5, 5.41) is 17.9. The van der Waals surface area contributed by atoms with Crippen molar-refractivity contribution in [3.05, 3.63) is 59.6 Å². The first kappa shape index (κ1) is 18.4. The Morgan fingerprint density at radius 3 is 2.27 bits per heavy atom. The molecule has 0 aliphatic rings. The van der Waals surface area contributed by atoms with E-state index in [0.717, 1.165) is 17.6 Å². The fraction of sp³-hybridized carbons (Fsp3) is 0.188. The summed E-state index contributed by atoms with van der Waals surface area (Å²) in [6.45, 7) is 1.33. The number of aliphatic hydroxyl groups excluding tert-OH is 1. The number of aliphatic carboxylic acids is 1. The van der Waals surface area contributed by atoms with Crippen LogP contribution in [0.3, 0.4) is 0 Å². The van der Waals surface area contributed by atoms with Crippen LogP contribution in [0, 0.1) is 0 Å². The van der Waals surface area contributed by atoms with Gasteiger partial charge in [0.25, 0.3) is 5.97 Å². The number of hydrogen-bond acceptors (Lipinski definition) is 4. The standard InChI is InChI=1S/C14H13ClO2S.C2H4O2/c15-11-6-8-13(9-7-11)18-14(16)10-17-12-4-2-1-3-5-12;1-2(3)4/h1-9,14,16H,10H2;1H3,(H,3,4). The molecule has 6 heteroatoms. The van der Waals surface area contributed by atoms with Crippen molar-refractivity contribution in [1.82, 2.24) is 0 Å². The molecule has 4 nitrogen and oxygen atoms in total. The van der Waals surface area contributed by atoms with Gasteiger partial charge in [0.05, 0.1) is 0 Å². The lowest BCUT2D eigenvalue weighted by molar-refractivity contribution is -0.134. The first-order chi connectivity index (χ1) is 10.5. The average Bonchev–Trinajstić information content (AvgIpc) is 2.48. The third-order valence-corrected chi connectivity index (χ3v) is 3.43. The van der Waals surface area contributed by atoms with Gasteiger partial charge >= 0.3 is 0 Å². The second-order valence-electron chi connectivity index (χ2n) is 4.17. The molecule has 2 N–H and O–H groups in total. The van der Waals surface area contributed by atoms with Gasteiger partial charge in [-0.15, -0.1) is 0 Å². The summed E-state index contributed by atoms with van der Waals surface area (Å²) in [5.74, 6) is -0.0757. The molecule has 118 valence electrons. The lowest BCUT2D eigenvalue weighted by atomic mass is 10.3. The fourth-order valence-electron chi connectivity index (χ4n) is 1.39. The molecule has 0 aromatic heterocycles. The number of carboxylic acids is 1. The van der Waals surface area contributed by atoms with Crippen LogP contribution >= 0.6 is 23.4 Å². The smallest absolute Gasteiger partial charge is 0.300 e. The Balaban J connectivity index is 0.000000541. The van der Waals surface area contributed by atoms with Crippen LogP contribution in [0.25, 0.3) is 0 Å². The zero-order chi connectivity index (χ0) is 16.4. The molecule has 0 aliphatic heterocycles. The number of halogens is 1. The Morgan fingerprint density at radius 2 is 1.73 bits per heavy atom. The van der Waals surface area contributed by atoms with Gasteiger partial charge in [-0.1, -0.05) is 41.6 Å². The second kappa shape index (κ2) is 10.1. The van der Waals surface area contributed by atoms with E-state index in [1.165, 1.54) is 11.8 Å². The van der Waals surface area contributed by atoms with Crippen LogP contribution in [0.15, 0.2) is 59.5 Å². The average molecular weight is 341 g/mol. The minimum Gasteiger partial charge on any atom is -0.490 e. The molecular weight excluding hydrogens is 324 g/mol. The highest BCUT2D eigenvalue weighted by Gasteiger charge is 2.07. The molecule has 22 heavy (non-hydrogen) atoms. The Hall–Kier alpha value is -1.69. The first-order valence-corrected chi connectivity index (χ1v) is 7.71. The van der Waals surface area contributed by atoms with E-state index in [2.05, 4.69) is 0 Å². The maximum atomic E-state index is 9.84. The van der Waals surface area contributed by atoms with Crippen LogP contribution in [-0.4, -0.2) is 28.2 Å². The zero-order valence-corrected chi connectivity index (χ0v) is 13.6. The van der Waals surface area contributed by atoms with Crippen LogP contribution in [0.4, 0.5) is 0 Å². The summed E-state index contributed by atoms with van der Waals surface area (Å²) in [6, 6.07) is 16.8. The van der Waals surface area contributed by atoms with Crippen molar-refractivity contribution in [2.24, 2.45) is 0 Å². The van der Waals surface area contributed by atoms with E-state index < -0.39 is 11.4 Å². The summed E-state index contributed by atoms with van der Waals surface area (Å²) in [4.78, 5) is 9.96. The lowest BCUT2D eigenvalue weighted by Crippen LogP contribution is -2.13. The molecule has 2 rings (SSSR count). The number of carboxylic acid groups (broad SMARTS) is 1. The normalized spacial score (nSPS) is 11.0. The molecule has 2 aromatic rings. The first-order valence-electron chi connectivity index (χ1n) is 6.45. The summed E-state index contributed by atoms with van der Waals surface area (Å²) >= 11 is 7.14. The summed E-state index contributed by atoms with van der Waals surface area (Å²) in [6.07, 6.45) is 0. The SMILES string of the molecule is CC(=O)O.OC(COc1ccccc1)Sc1ccc(Cl)cc1. The van der Waals surface area contributed by atoms with Gasteiger partial charge in [-0.05, 0) is 36.4 Å². The predicted octanol–water partition coefficient (Wildman–Crippen LogP) is 3.92. The maximum Gasteiger partial charge on any atom is 0.300 e. The van der Waals surface area contributed by atoms with Crippen molar-refractivity contribution in [1.29, 1.82) is 0 Å². The third-order valence-electron chi connectivity index (χ3n) is 2.22. The van der Waals surface area contributed by atoms with E-state index >= 15 is 0 Å². The van der Waals surface area contributed by atoms with Gasteiger partial charge in [-0.3, -0.25) is 4.79 Å². The van der Waals surface area contributed by atoms with Crippen LogP contribution in [0.5, 0.6) is 5.75 Å². The molecule has 1 unspecified atom stereocenters. The highest BCUT2D eigenvalue weighted by Crippen LogP contribution is 2.24. The Kier molecular flexibility index (Phi) is 8.43. The summed E-state index contributed by atoms with van der Waals surface area (Å²) in [5.41, 5.74) is -0.605. The molecule has 0 aliphatic carbocycles. The number of rotatable bonds is 5. The van der Waals surface area contributed by atoms with E-state index in [1.54, 1.807) is 12.1 Å². The molecule has 2 aromatic carbocycles. The molecule has 0 saturated carbocycles. The number of aliphatic hydroxyl groups is 1. The molecule has 0 fully saturated rings. The van der Waals surface area contributed by atoms with E-state index in [9.17, 15) is 5.11 Å². The van der Waals surface area contributed by atoms with E-state index in [1.807, 2.05) is 42.5 Å². The van der Waals surface area contributed by atoms with Crippen molar-refractivity contribution >= 4 is 29.3 Å². The molecule has 1 atom stereocenters. The molecule has 0 amide bonds. The Morgan fingerprint density at radius 1 is 1.18 bits per heavy atom. The molecule has 0 saturated heterocycles. The lowest BCUT2D eigenvalue weighted by Gasteiger charge is -2.12. The molecule has 0 spiro atoms. The minimum absolute atomic E-state index is 0.247. The Bertz CT molecular complexity index is 556. The largest absolute Gasteiger partial charge is 0.490 e. The van der Waals surface area contributed by atoms with Crippen molar-refractivity contribution in [2.75, 3.05) is 6.61 Å². The van der Waals surface area contributed by atoms with Crippen molar-refractivity contribution in [2.45, 2.75) is 17.3 Å². The van der Waals surface area contributed by atoms with Gasteiger partial charge in [-0.25, -0.2) is 0 Å². The van der Waals surface area contributed by atoms with Crippen LogP contribution in [-0.2, 0) is 4.79 Å². The number of thioether (sulfide) groups is 1. The van der Waals surface area contributed by atoms with E-state index in [-0.39, 0.29) is 6.61 Å². The fourth-order valence-corrected chi connectivity index (χ4v) is 2.26. The second-order valence-corrected chi connectivity index (χ2v) is 5.86. The van der Waals surface area contributed by atoms with E-state index in [4.69, 9.17) is 26.2 Å². The number of hydrogen-bond donors (Lipinski definition) is 2. The summed E-state index contributed by atoms with van der Waals surface area (Å²) in [7, 11) is 0. The van der Waals surface area contributed by atoms with Gasteiger partial charge in [-0.2, -0.15) is 0 Å². The zero-order valence-electron chi connectivity index (χ0n) is 12.0. The number of ether oxygens (including phenoxy) is 1. The number of para-hydroxylation sites is 1. The van der Waals surface area contributed by atoms with Gasteiger partial charge < -0.3 is 14.9 Å². The summed E-state index contributed by atoms with van der Waals surface area (Å²) < 4.78 is 5.47. The van der Waals surface area contributed by atoms with Crippen LogP contribution in [0.1, 0.15) is 6.92 Å². The molecule has 0 heterocycles. The van der Waals surface area contributed by atoms with Gasteiger partial charge in [0.15, 0.2) is 0 Å². The third kappa shape index (κ3) is 8.56. The van der Waals surface area contributed by atoms with Crippen LogP contribution in [0.2, 0.25) is 5.02 Å². The topological polar surface area (TPSA) is 66.8 Å². The Labute approximate surface area is 138 Å². The van der Waals surface area contributed by atoms with Gasteiger partial charge in [0, 0.05) is 16.8 Å². The molecule has 0 radical (unpaired) electrons. The monoisotopic (exact) mass is 340 g/mol. The molecular formula is C16H17ClO4S. The van der Waals surface area contributed by atoms with Crippen molar-refractivity contribution in [3.8, 4) is 5.75 Å². The molecule has 0 bridgehead atoms. The highest BCUT2D eigenvalue weighted by molar-refractivity contribution is 7.99. The minimum atomic E-state index is -0.833. The van der Waals surface area contributed by atoms with Crippen molar-refractivity contribution in [3.63, 3.8) is 0 Å². The van der Waals surface area contributed by atoms with E-state index in [0.29, 0.717) is 5.02 Å². The predicted molar refractivity (Wildman–Crippen MR) is 88.6 cm³/mol. The van der Waals surface area contributed by atoms with Crippen LogP contribution < -0.4 is 4.74 Å². The van der Waals surface area contributed by atoms with Crippen molar-refractivity contribution < 1.29 is 19.7 Å². The number of carbonyl (C=O) groups is 1. The highest BCUT2D eigenvalue weighted by atomic mass is 35.5. The number of benzene rings is 2. The maximum absolute atomic E-state index is 9.84.